The van der Waals surface area contributed by atoms with E-state index in [1.165, 1.54) is 36.4 Å². The molecule has 0 amide bonds. The van der Waals surface area contributed by atoms with Crippen molar-refractivity contribution in [1.82, 2.24) is 0 Å². The van der Waals surface area contributed by atoms with Crippen LogP contribution in [-0.4, -0.2) is 29.1 Å². The minimum absolute atomic E-state index is 0.0267. The summed E-state index contributed by atoms with van der Waals surface area (Å²) in [5.41, 5.74) is 5.97. The lowest BCUT2D eigenvalue weighted by Gasteiger charge is -2.32. The molecule has 156 valence electrons. The van der Waals surface area contributed by atoms with Gasteiger partial charge >= 0.3 is 5.97 Å². The van der Waals surface area contributed by atoms with E-state index in [0.29, 0.717) is 0 Å². The number of fused-ring (bicyclic) bond motifs is 1. The molecule has 1 aliphatic carbocycles. The number of ether oxygens (including phenoxy) is 2. The van der Waals surface area contributed by atoms with Crippen molar-refractivity contribution < 1.29 is 28.8 Å². The second kappa shape index (κ2) is 7.52. The summed E-state index contributed by atoms with van der Waals surface area (Å²) in [6, 6.07) is 11.6. The summed E-state index contributed by atoms with van der Waals surface area (Å²) in [5, 5.41) is 11.3. The monoisotopic (exact) mass is 420 g/mol. The molecule has 0 radical (unpaired) electrons. The Morgan fingerprint density at radius 1 is 1.13 bits per heavy atom. The Balaban J connectivity index is 1.97. The first-order valence-electron chi connectivity index (χ1n) is 9.36. The lowest BCUT2D eigenvalue weighted by molar-refractivity contribution is -0.384. The van der Waals surface area contributed by atoms with Gasteiger partial charge in [0, 0.05) is 23.3 Å². The van der Waals surface area contributed by atoms with Crippen LogP contribution in [0.4, 0.5) is 5.69 Å². The molecular formula is C22H16N2O7. The normalized spacial score (nSPS) is 17.6. The summed E-state index contributed by atoms with van der Waals surface area (Å²) < 4.78 is 10.6. The number of nitrogens with two attached hydrogens (primary N) is 1. The molecule has 0 saturated heterocycles. The zero-order chi connectivity index (χ0) is 22.3. The Kier molecular flexibility index (Phi) is 4.86. The van der Waals surface area contributed by atoms with Gasteiger partial charge in [0.2, 0.25) is 11.7 Å². The van der Waals surface area contributed by atoms with Gasteiger partial charge < -0.3 is 15.2 Å². The maximum absolute atomic E-state index is 13.4. The first-order chi connectivity index (χ1) is 14.8. The highest BCUT2D eigenvalue weighted by atomic mass is 16.6. The fourth-order valence-corrected chi connectivity index (χ4v) is 3.77. The largest absolute Gasteiger partial charge is 0.462 e. The number of benzene rings is 2. The zero-order valence-corrected chi connectivity index (χ0v) is 16.3. The summed E-state index contributed by atoms with van der Waals surface area (Å²) in [7, 11) is 0. The molecule has 31 heavy (non-hydrogen) atoms. The van der Waals surface area contributed by atoms with E-state index in [0.717, 1.165) is 0 Å². The van der Waals surface area contributed by atoms with Crippen molar-refractivity contribution in [3.63, 3.8) is 0 Å². The molecule has 4 rings (SSSR count). The average molecular weight is 420 g/mol. The van der Waals surface area contributed by atoms with Crippen molar-refractivity contribution in [2.75, 3.05) is 6.61 Å². The van der Waals surface area contributed by atoms with Crippen LogP contribution in [0.2, 0.25) is 0 Å². The number of rotatable bonds is 4. The molecule has 2 aliphatic rings. The highest BCUT2D eigenvalue weighted by molar-refractivity contribution is 6.27. The predicted molar refractivity (Wildman–Crippen MR) is 107 cm³/mol. The number of allylic oxidation sites excluding steroid dienone is 2. The van der Waals surface area contributed by atoms with Gasteiger partial charge in [-0.15, -0.1) is 0 Å². The van der Waals surface area contributed by atoms with E-state index in [1.54, 1.807) is 19.1 Å². The molecule has 0 saturated carbocycles. The number of nitro benzene ring substituents is 1. The first-order valence-corrected chi connectivity index (χ1v) is 9.36. The number of nitrogens with zero attached hydrogens (tertiary/aromatic N) is 1. The smallest absolute Gasteiger partial charge is 0.340 e. The number of non-ortho nitro benzene ring substituents is 1. The van der Waals surface area contributed by atoms with E-state index in [1.807, 2.05) is 0 Å². The molecule has 1 aliphatic heterocycles. The van der Waals surface area contributed by atoms with Crippen LogP contribution in [0, 0.1) is 10.1 Å². The molecular weight excluding hydrogens is 404 g/mol. The Labute approximate surface area is 175 Å². The minimum Gasteiger partial charge on any atom is -0.462 e. The molecule has 9 heteroatoms. The number of ketones is 2. The zero-order valence-electron chi connectivity index (χ0n) is 16.3. The van der Waals surface area contributed by atoms with Gasteiger partial charge in [0.15, 0.2) is 11.5 Å². The first kappa shape index (κ1) is 20.0. The third-order valence-electron chi connectivity index (χ3n) is 5.08. The van der Waals surface area contributed by atoms with Gasteiger partial charge in [-0.3, -0.25) is 19.7 Å². The van der Waals surface area contributed by atoms with Gasteiger partial charge in [0.05, 0.1) is 23.0 Å². The number of Topliss-reactive ketones (excluding diaryl/α,β-unsaturated/α-hetero) is 2. The molecule has 2 aromatic carbocycles. The summed E-state index contributed by atoms with van der Waals surface area (Å²) in [5.74, 6) is -3.81. The molecule has 1 heterocycles. The van der Waals surface area contributed by atoms with E-state index in [-0.39, 0.29) is 45.9 Å². The standard InChI is InChI=1S/C22H16N2O7/c1-2-30-22(27)17-15(11-6-5-7-12(10-11)24(28)29)16-18(25)13-8-3-4-9-14(13)19(26)20(16)31-21(17)23/h3-10,15H,2,23H2,1H3. The fraction of sp³-hybridized carbons (Fsp3) is 0.136. The summed E-state index contributed by atoms with van der Waals surface area (Å²) in [4.78, 5) is 49.9. The van der Waals surface area contributed by atoms with Crippen LogP contribution in [0.3, 0.4) is 0 Å². The molecule has 0 aromatic heterocycles. The quantitative estimate of drug-likeness (QED) is 0.452. The van der Waals surface area contributed by atoms with Crippen molar-refractivity contribution in [1.29, 1.82) is 0 Å². The van der Waals surface area contributed by atoms with Crippen LogP contribution in [0.5, 0.6) is 0 Å². The van der Waals surface area contributed by atoms with E-state index in [2.05, 4.69) is 0 Å². The van der Waals surface area contributed by atoms with Gasteiger partial charge in [-0.05, 0) is 12.5 Å². The van der Waals surface area contributed by atoms with Crippen molar-refractivity contribution in [2.45, 2.75) is 12.8 Å². The van der Waals surface area contributed by atoms with Gasteiger partial charge in [-0.2, -0.15) is 0 Å². The van der Waals surface area contributed by atoms with Gasteiger partial charge in [0.1, 0.15) is 5.57 Å². The number of hydrogen-bond acceptors (Lipinski definition) is 8. The van der Waals surface area contributed by atoms with E-state index >= 15 is 0 Å². The fourth-order valence-electron chi connectivity index (χ4n) is 3.77. The number of hydrogen-bond donors (Lipinski definition) is 1. The number of carbonyl (C=O) groups excluding carboxylic acids is 3. The molecule has 0 fully saturated rings. The molecule has 2 N–H and O–H groups in total. The van der Waals surface area contributed by atoms with E-state index < -0.39 is 34.3 Å². The lowest BCUT2D eigenvalue weighted by atomic mass is 9.75. The van der Waals surface area contributed by atoms with Crippen molar-refractivity contribution in [3.05, 3.63) is 98.1 Å². The number of carbonyl (C=O) groups is 3. The Hall–Kier alpha value is -4.27. The van der Waals surface area contributed by atoms with Crippen molar-refractivity contribution in [2.24, 2.45) is 5.73 Å². The number of esters is 1. The third kappa shape index (κ3) is 3.16. The van der Waals surface area contributed by atoms with Gasteiger partial charge in [-0.1, -0.05) is 36.4 Å². The van der Waals surface area contributed by atoms with Crippen LogP contribution in [0.1, 0.15) is 39.1 Å². The van der Waals surface area contributed by atoms with E-state index in [4.69, 9.17) is 15.2 Å². The number of nitro groups is 1. The Morgan fingerprint density at radius 3 is 2.45 bits per heavy atom. The topological polar surface area (TPSA) is 139 Å². The molecule has 0 spiro atoms. The van der Waals surface area contributed by atoms with Crippen LogP contribution in [-0.2, 0) is 14.3 Å². The van der Waals surface area contributed by atoms with Gasteiger partial charge in [0.25, 0.3) is 5.69 Å². The van der Waals surface area contributed by atoms with Crippen LogP contribution >= 0.6 is 0 Å². The summed E-state index contributed by atoms with van der Waals surface area (Å²) in [6.07, 6.45) is 0. The predicted octanol–water partition coefficient (Wildman–Crippen LogP) is 2.78. The van der Waals surface area contributed by atoms with Crippen molar-refractivity contribution in [3.8, 4) is 0 Å². The van der Waals surface area contributed by atoms with E-state index in [9.17, 15) is 24.5 Å². The Bertz CT molecular complexity index is 1230. The molecule has 0 bridgehead atoms. The minimum atomic E-state index is -1.17. The second-order valence-electron chi connectivity index (χ2n) is 6.83. The summed E-state index contributed by atoms with van der Waals surface area (Å²) in [6.45, 7) is 1.62. The summed E-state index contributed by atoms with van der Waals surface area (Å²) >= 11 is 0. The Morgan fingerprint density at radius 2 is 1.81 bits per heavy atom. The third-order valence-corrected chi connectivity index (χ3v) is 5.08. The molecule has 1 unspecified atom stereocenters. The van der Waals surface area contributed by atoms with Gasteiger partial charge in [-0.25, -0.2) is 4.79 Å². The maximum Gasteiger partial charge on any atom is 0.340 e. The molecule has 9 nitrogen and oxygen atoms in total. The lowest BCUT2D eigenvalue weighted by Crippen LogP contribution is -2.35. The SMILES string of the molecule is CCOC(=O)C1=C(N)OC2=C(C(=O)c3ccccc3C2=O)C1c1cccc([N+](=O)[O-])c1. The average Bonchev–Trinajstić information content (AvgIpc) is 2.76. The van der Waals surface area contributed by atoms with Crippen LogP contribution in [0.25, 0.3) is 0 Å². The molecule has 1 atom stereocenters. The highest BCUT2D eigenvalue weighted by Crippen LogP contribution is 2.45. The molecule has 2 aromatic rings. The second-order valence-corrected chi connectivity index (χ2v) is 6.83. The van der Waals surface area contributed by atoms with Crippen LogP contribution < -0.4 is 5.73 Å². The maximum atomic E-state index is 13.4. The van der Waals surface area contributed by atoms with Crippen LogP contribution in [0.15, 0.2) is 71.3 Å². The van der Waals surface area contributed by atoms with Crippen molar-refractivity contribution >= 4 is 23.2 Å². The highest BCUT2D eigenvalue weighted by Gasteiger charge is 2.46.